The minimum absolute atomic E-state index is 0.0856. The molecule has 9 nitrogen and oxygen atoms in total. The number of hydrogen-bond acceptors (Lipinski definition) is 8. The lowest BCUT2D eigenvalue weighted by Gasteiger charge is -2.28. The Kier molecular flexibility index (Phi) is 16.3. The van der Waals surface area contributed by atoms with Crippen molar-refractivity contribution in [2.75, 3.05) is 47.5 Å². The van der Waals surface area contributed by atoms with Crippen molar-refractivity contribution in [3.05, 3.63) is 0 Å². The molecular formula is C24H32NO8P. The molecule has 0 aromatic heterocycles. The topological polar surface area (TPSA) is 111 Å². The summed E-state index contributed by atoms with van der Waals surface area (Å²) < 4.78 is 32.3. The Morgan fingerprint density at radius 1 is 0.853 bits per heavy atom. The smallest absolute Gasteiger partial charge is 0.318 e. The van der Waals surface area contributed by atoms with E-state index >= 15 is 0 Å². The van der Waals surface area contributed by atoms with Crippen LogP contribution in [0.2, 0.25) is 0 Å². The van der Waals surface area contributed by atoms with Crippen molar-refractivity contribution in [2.45, 2.75) is 45.6 Å². The standard InChI is InChI=1S/C24H32NO8P/c1-6-8-10-12-14-16-23(26)30-20-22(33-24(27)17-15-13-11-9-7-2)21-32-34(28,29)31-19-18-25(3,4)5/h22H,6-7,16-21H2,1-5H3. The SMILES string of the molecule is CCC#CC#CCC(=O)OCC(COP(=O)([O-])OCC[N+](C)(C)C)OC(=O)CC#CC#CCC. The van der Waals surface area contributed by atoms with Gasteiger partial charge in [0.2, 0.25) is 0 Å². The molecule has 10 heteroatoms. The summed E-state index contributed by atoms with van der Waals surface area (Å²) in [5, 5.41) is 0. The molecule has 0 saturated carbocycles. The number of rotatable bonds is 12. The van der Waals surface area contributed by atoms with Gasteiger partial charge in [0.15, 0.2) is 6.10 Å². The second-order valence-corrected chi connectivity index (χ2v) is 9.06. The highest BCUT2D eigenvalue weighted by molar-refractivity contribution is 7.45. The molecule has 34 heavy (non-hydrogen) atoms. The average molecular weight is 493 g/mol. The number of ether oxygens (including phenoxy) is 2. The lowest BCUT2D eigenvalue weighted by atomic mass is 10.3. The molecule has 0 radical (unpaired) electrons. The van der Waals surface area contributed by atoms with Crippen molar-refractivity contribution in [2.24, 2.45) is 0 Å². The Morgan fingerprint density at radius 3 is 1.91 bits per heavy atom. The molecular weight excluding hydrogens is 461 g/mol. The van der Waals surface area contributed by atoms with Gasteiger partial charge in [0.25, 0.3) is 7.82 Å². The average Bonchev–Trinajstić information content (AvgIpc) is 2.74. The molecule has 0 N–H and O–H groups in total. The molecule has 0 aliphatic heterocycles. The first-order chi connectivity index (χ1) is 16.0. The third kappa shape index (κ3) is 19.9. The molecule has 0 aromatic rings. The van der Waals surface area contributed by atoms with Crippen molar-refractivity contribution >= 4 is 19.8 Å². The summed E-state index contributed by atoms with van der Waals surface area (Å²) in [5.41, 5.74) is 0. The summed E-state index contributed by atoms with van der Waals surface area (Å²) in [7, 11) is 0.968. The number of likely N-dealkylation sites (N-methyl/N-ethyl adjacent to an activating group) is 1. The molecule has 0 rings (SSSR count). The predicted molar refractivity (Wildman–Crippen MR) is 124 cm³/mol. The first kappa shape index (κ1) is 31.2. The van der Waals surface area contributed by atoms with E-state index in [2.05, 4.69) is 47.4 Å². The van der Waals surface area contributed by atoms with Gasteiger partial charge in [-0.1, -0.05) is 37.5 Å². The van der Waals surface area contributed by atoms with E-state index in [0.29, 0.717) is 23.9 Å². The van der Waals surface area contributed by atoms with E-state index in [4.69, 9.17) is 18.5 Å². The van der Waals surface area contributed by atoms with Crippen molar-refractivity contribution in [1.82, 2.24) is 0 Å². The molecule has 0 aromatic carbocycles. The molecule has 2 atom stereocenters. The number of hydrogen-bond donors (Lipinski definition) is 0. The number of quaternary nitrogens is 1. The monoisotopic (exact) mass is 493 g/mol. The van der Waals surface area contributed by atoms with Gasteiger partial charge in [0, 0.05) is 12.8 Å². The summed E-state index contributed by atoms with van der Waals surface area (Å²) in [4.78, 5) is 35.9. The minimum Gasteiger partial charge on any atom is -0.756 e. The molecule has 0 fully saturated rings. The van der Waals surface area contributed by atoms with Crippen molar-refractivity contribution in [3.8, 4) is 47.4 Å². The van der Waals surface area contributed by atoms with Gasteiger partial charge in [-0.3, -0.25) is 14.2 Å². The lowest BCUT2D eigenvalue weighted by Crippen LogP contribution is -2.37. The molecule has 0 saturated heterocycles. The fourth-order valence-electron chi connectivity index (χ4n) is 1.81. The van der Waals surface area contributed by atoms with Crippen LogP contribution in [0.15, 0.2) is 0 Å². The van der Waals surface area contributed by atoms with E-state index in [1.165, 1.54) is 0 Å². The maximum Gasteiger partial charge on any atom is 0.318 e. The Bertz CT molecular complexity index is 954. The van der Waals surface area contributed by atoms with E-state index in [0.717, 1.165) is 0 Å². The van der Waals surface area contributed by atoms with E-state index in [9.17, 15) is 19.0 Å². The second kappa shape index (κ2) is 17.7. The van der Waals surface area contributed by atoms with Gasteiger partial charge in [-0.15, -0.1) is 0 Å². The number of carbonyl (C=O) groups is 2. The Balaban J connectivity index is 4.94. The number of carbonyl (C=O) groups excluding carboxylic acids is 2. The van der Waals surface area contributed by atoms with Crippen LogP contribution in [0.5, 0.6) is 0 Å². The largest absolute Gasteiger partial charge is 0.756 e. The Labute approximate surface area is 202 Å². The summed E-state index contributed by atoms with van der Waals surface area (Å²) in [6, 6.07) is 0. The normalized spacial score (nSPS) is 12.5. The van der Waals surface area contributed by atoms with E-state index < -0.39 is 39.1 Å². The maximum absolute atomic E-state index is 12.0. The zero-order chi connectivity index (χ0) is 25.9. The van der Waals surface area contributed by atoms with Crippen molar-refractivity contribution in [3.63, 3.8) is 0 Å². The van der Waals surface area contributed by atoms with Gasteiger partial charge < -0.3 is 27.9 Å². The maximum atomic E-state index is 12.0. The van der Waals surface area contributed by atoms with E-state index in [-0.39, 0.29) is 19.4 Å². The highest BCUT2D eigenvalue weighted by Crippen LogP contribution is 2.38. The summed E-state index contributed by atoms with van der Waals surface area (Å²) in [5.74, 6) is 19.2. The van der Waals surface area contributed by atoms with Crippen LogP contribution >= 0.6 is 7.82 Å². The summed E-state index contributed by atoms with van der Waals surface area (Å²) >= 11 is 0. The number of esters is 2. The van der Waals surface area contributed by atoms with E-state index in [1.807, 2.05) is 35.0 Å². The predicted octanol–water partition coefficient (Wildman–Crippen LogP) is 1.26. The van der Waals surface area contributed by atoms with E-state index in [1.54, 1.807) is 0 Å². The van der Waals surface area contributed by atoms with Crippen molar-refractivity contribution < 1.29 is 42.1 Å². The lowest BCUT2D eigenvalue weighted by molar-refractivity contribution is -0.870. The third-order valence-electron chi connectivity index (χ3n) is 3.46. The number of phosphoric ester groups is 1. The van der Waals surface area contributed by atoms with Crippen LogP contribution in [0.4, 0.5) is 0 Å². The third-order valence-corrected chi connectivity index (χ3v) is 4.42. The van der Waals surface area contributed by atoms with Crippen LogP contribution in [0, 0.1) is 47.4 Å². The fourth-order valence-corrected chi connectivity index (χ4v) is 2.53. The van der Waals surface area contributed by atoms with Gasteiger partial charge in [0.05, 0.1) is 27.7 Å². The first-order valence-electron chi connectivity index (χ1n) is 10.7. The fraction of sp³-hybridized carbons (Fsp3) is 0.583. The van der Waals surface area contributed by atoms with Gasteiger partial charge in [-0.2, -0.15) is 0 Å². The van der Waals surface area contributed by atoms with Crippen LogP contribution in [-0.2, 0) is 32.7 Å². The molecule has 0 spiro atoms. The zero-order valence-electron chi connectivity index (χ0n) is 20.4. The van der Waals surface area contributed by atoms with Gasteiger partial charge in [-0.05, 0) is 23.7 Å². The molecule has 0 amide bonds. The van der Waals surface area contributed by atoms with Crippen LogP contribution in [0.25, 0.3) is 0 Å². The summed E-state index contributed by atoms with van der Waals surface area (Å²) in [6.07, 6.45) is -0.428. The number of nitrogens with zero attached hydrogens (tertiary/aromatic N) is 1. The Morgan fingerprint density at radius 2 is 1.38 bits per heavy atom. The Hall–Kier alpha value is -2.75. The first-order valence-corrected chi connectivity index (χ1v) is 12.1. The van der Waals surface area contributed by atoms with Gasteiger partial charge in [-0.25, -0.2) is 0 Å². The van der Waals surface area contributed by atoms with Crippen LogP contribution < -0.4 is 4.89 Å². The summed E-state index contributed by atoms with van der Waals surface area (Å²) in [6.45, 7) is 3.04. The quantitative estimate of drug-likeness (QED) is 0.173. The molecule has 0 aliphatic rings. The molecule has 0 bridgehead atoms. The highest BCUT2D eigenvalue weighted by atomic mass is 31.2. The molecule has 2 unspecified atom stereocenters. The molecule has 0 aliphatic carbocycles. The van der Waals surface area contributed by atoms with Gasteiger partial charge in [0.1, 0.15) is 32.6 Å². The number of phosphoric acid groups is 1. The minimum atomic E-state index is -4.66. The van der Waals surface area contributed by atoms with Crippen molar-refractivity contribution in [1.29, 1.82) is 0 Å². The second-order valence-electron chi connectivity index (χ2n) is 7.65. The zero-order valence-corrected chi connectivity index (χ0v) is 21.3. The molecule has 186 valence electrons. The van der Waals surface area contributed by atoms with Crippen LogP contribution in [-0.4, -0.2) is 70.0 Å². The van der Waals surface area contributed by atoms with Crippen LogP contribution in [0.1, 0.15) is 39.5 Å². The van der Waals surface area contributed by atoms with Crippen LogP contribution in [0.3, 0.4) is 0 Å². The van der Waals surface area contributed by atoms with Gasteiger partial charge >= 0.3 is 11.9 Å². The molecule has 0 heterocycles. The highest BCUT2D eigenvalue weighted by Gasteiger charge is 2.21.